The van der Waals surface area contributed by atoms with E-state index in [0.717, 1.165) is 4.57 Å². The first-order chi connectivity index (χ1) is 4.72. The van der Waals surface area contributed by atoms with E-state index in [-0.39, 0.29) is 0 Å². The number of nitrogens with zero attached hydrogens (tertiary/aromatic N) is 2. The van der Waals surface area contributed by atoms with Crippen LogP contribution in [0.1, 0.15) is 4.79 Å². The number of rotatable bonds is 1. The smallest absolute Gasteiger partial charge is 0.270 e. The van der Waals surface area contributed by atoms with Gasteiger partial charge in [-0.3, -0.25) is 14.2 Å². The van der Waals surface area contributed by atoms with E-state index < -0.39 is 11.1 Å². The minimum absolute atomic E-state index is 0.792. The van der Waals surface area contributed by atoms with Crippen molar-refractivity contribution in [2.45, 2.75) is 0 Å². The van der Waals surface area contributed by atoms with Crippen LogP contribution in [0.25, 0.3) is 0 Å². The van der Waals surface area contributed by atoms with Gasteiger partial charge in [-0.05, 0) is 11.6 Å². The van der Waals surface area contributed by atoms with E-state index in [1.165, 1.54) is 18.7 Å². The highest BCUT2D eigenvalue weighted by Gasteiger charge is 2.10. The first kappa shape index (κ1) is 6.95. The van der Waals surface area contributed by atoms with Gasteiger partial charge in [-0.25, -0.2) is 4.98 Å². The minimum Gasteiger partial charge on any atom is -0.270 e. The summed E-state index contributed by atoms with van der Waals surface area (Å²) in [4.78, 5) is 24.4. The lowest BCUT2D eigenvalue weighted by Crippen LogP contribution is -2.14. The lowest BCUT2D eigenvalue weighted by atomic mass is 10.6. The van der Waals surface area contributed by atoms with Gasteiger partial charge >= 0.3 is 11.1 Å². The lowest BCUT2D eigenvalue weighted by Gasteiger charge is -1.90. The fourth-order valence-corrected chi connectivity index (χ4v) is 0.578. The van der Waals surface area contributed by atoms with Gasteiger partial charge in [0.2, 0.25) is 0 Å². The predicted molar refractivity (Wildman–Crippen MR) is 33.7 cm³/mol. The average molecular weight is 159 g/mol. The van der Waals surface area contributed by atoms with Crippen molar-refractivity contribution < 1.29 is 9.59 Å². The summed E-state index contributed by atoms with van der Waals surface area (Å²) < 4.78 is 1.01. The number of halogens is 1. The van der Waals surface area contributed by atoms with Gasteiger partial charge in [-0.1, -0.05) is 0 Å². The van der Waals surface area contributed by atoms with Crippen LogP contribution in [0.5, 0.6) is 0 Å². The number of imidazole rings is 1. The molecule has 10 heavy (non-hydrogen) atoms. The average Bonchev–Trinajstić information content (AvgIpc) is 2.36. The molecule has 5 heteroatoms. The summed E-state index contributed by atoms with van der Waals surface area (Å²) in [5, 5.41) is -1.02. The molecule has 0 atom stereocenters. The molecular weight excluding hydrogens is 156 g/mol. The van der Waals surface area contributed by atoms with E-state index >= 15 is 0 Å². The molecule has 1 heterocycles. The third-order valence-corrected chi connectivity index (χ3v) is 1.07. The van der Waals surface area contributed by atoms with Gasteiger partial charge < -0.3 is 0 Å². The molecule has 0 aliphatic carbocycles. The van der Waals surface area contributed by atoms with E-state index in [9.17, 15) is 9.59 Å². The maximum Gasteiger partial charge on any atom is 0.315 e. The van der Waals surface area contributed by atoms with Crippen LogP contribution in [-0.2, 0) is 4.79 Å². The first-order valence-electron chi connectivity index (χ1n) is 2.44. The normalized spacial score (nSPS) is 9.30. The summed E-state index contributed by atoms with van der Waals surface area (Å²) in [6.07, 6.45) is 3.95. The van der Waals surface area contributed by atoms with E-state index in [4.69, 9.17) is 11.6 Å². The van der Waals surface area contributed by atoms with Gasteiger partial charge in [0.25, 0.3) is 0 Å². The molecule has 0 aliphatic heterocycles. The highest BCUT2D eigenvalue weighted by molar-refractivity contribution is 6.81. The SMILES string of the molecule is O=C(Cl)C(=O)n1ccnc1. The van der Waals surface area contributed by atoms with Crippen LogP contribution in [-0.4, -0.2) is 20.7 Å². The standard InChI is InChI=1S/C5H3ClN2O2/c6-4(9)5(10)8-2-1-7-3-8/h1-3H. The summed E-state index contributed by atoms with van der Waals surface area (Å²) in [7, 11) is 0. The third-order valence-electron chi connectivity index (χ3n) is 0.907. The van der Waals surface area contributed by atoms with E-state index in [1.807, 2.05) is 0 Å². The summed E-state index contributed by atoms with van der Waals surface area (Å²) in [6, 6.07) is 0. The van der Waals surface area contributed by atoms with Crippen LogP contribution in [0, 0.1) is 0 Å². The molecule has 0 unspecified atom stereocenters. The maximum absolute atomic E-state index is 10.6. The van der Waals surface area contributed by atoms with Crippen LogP contribution in [0.2, 0.25) is 0 Å². The molecule has 1 aromatic heterocycles. The van der Waals surface area contributed by atoms with Crippen molar-refractivity contribution in [2.24, 2.45) is 0 Å². The number of carbonyl (C=O) groups excluding carboxylic acids is 2. The van der Waals surface area contributed by atoms with E-state index in [2.05, 4.69) is 4.98 Å². The molecule has 0 amide bonds. The number of aromatic nitrogens is 2. The molecule has 4 nitrogen and oxygen atoms in total. The Morgan fingerprint density at radius 3 is 2.60 bits per heavy atom. The van der Waals surface area contributed by atoms with Crippen molar-refractivity contribution in [3.63, 3.8) is 0 Å². The topological polar surface area (TPSA) is 52.0 Å². The van der Waals surface area contributed by atoms with E-state index in [0.29, 0.717) is 0 Å². The maximum atomic E-state index is 10.6. The van der Waals surface area contributed by atoms with Crippen LogP contribution in [0.15, 0.2) is 18.7 Å². The Morgan fingerprint density at radius 2 is 2.20 bits per heavy atom. The Balaban J connectivity index is 2.88. The van der Waals surface area contributed by atoms with Crippen LogP contribution in [0.3, 0.4) is 0 Å². The lowest BCUT2D eigenvalue weighted by molar-refractivity contribution is -0.108. The van der Waals surface area contributed by atoms with Gasteiger partial charge in [0.05, 0.1) is 0 Å². The van der Waals surface area contributed by atoms with Crippen LogP contribution >= 0.6 is 11.6 Å². The Labute approximate surface area is 61.4 Å². The van der Waals surface area contributed by atoms with Gasteiger partial charge in [0.15, 0.2) is 0 Å². The molecule has 0 N–H and O–H groups in total. The molecule has 0 fully saturated rings. The summed E-state index contributed by atoms with van der Waals surface area (Å²) in [6.45, 7) is 0. The molecule has 0 bridgehead atoms. The molecule has 52 valence electrons. The molecule has 0 saturated carbocycles. The van der Waals surface area contributed by atoms with Crippen molar-refractivity contribution >= 4 is 22.8 Å². The Morgan fingerprint density at radius 1 is 1.50 bits per heavy atom. The van der Waals surface area contributed by atoms with Gasteiger partial charge in [-0.2, -0.15) is 0 Å². The quantitative estimate of drug-likeness (QED) is 0.436. The zero-order valence-corrected chi connectivity index (χ0v) is 5.58. The Kier molecular flexibility index (Phi) is 1.82. The largest absolute Gasteiger partial charge is 0.315 e. The van der Waals surface area contributed by atoms with E-state index in [1.54, 1.807) is 0 Å². The van der Waals surface area contributed by atoms with Gasteiger partial charge in [0, 0.05) is 12.4 Å². The Bertz CT molecular complexity index is 255. The van der Waals surface area contributed by atoms with Crippen molar-refractivity contribution in [1.82, 2.24) is 9.55 Å². The molecule has 0 saturated heterocycles. The van der Waals surface area contributed by atoms with Crippen LogP contribution < -0.4 is 0 Å². The number of hydrogen-bond acceptors (Lipinski definition) is 3. The summed E-state index contributed by atoms with van der Waals surface area (Å²) in [5.41, 5.74) is 0. The second-order valence-corrected chi connectivity index (χ2v) is 1.89. The highest BCUT2D eigenvalue weighted by Crippen LogP contribution is 1.89. The zero-order chi connectivity index (χ0) is 7.56. The minimum atomic E-state index is -1.02. The predicted octanol–water partition coefficient (Wildman–Crippen LogP) is 0.289. The van der Waals surface area contributed by atoms with Crippen molar-refractivity contribution in [3.05, 3.63) is 18.7 Å². The zero-order valence-electron chi connectivity index (χ0n) is 4.82. The fourth-order valence-electron chi connectivity index (χ4n) is 0.481. The van der Waals surface area contributed by atoms with Gasteiger partial charge in [-0.15, -0.1) is 0 Å². The Hall–Kier alpha value is -1.16. The van der Waals surface area contributed by atoms with Crippen LogP contribution in [0.4, 0.5) is 0 Å². The van der Waals surface area contributed by atoms with Crippen molar-refractivity contribution in [3.8, 4) is 0 Å². The molecule has 1 aromatic rings. The molecule has 0 spiro atoms. The molecule has 0 radical (unpaired) electrons. The van der Waals surface area contributed by atoms with Crippen molar-refractivity contribution in [2.75, 3.05) is 0 Å². The molecule has 0 aliphatic rings. The number of carbonyl (C=O) groups is 2. The summed E-state index contributed by atoms with van der Waals surface area (Å²) in [5.74, 6) is -0.792. The molecule has 1 rings (SSSR count). The van der Waals surface area contributed by atoms with Crippen molar-refractivity contribution in [1.29, 1.82) is 0 Å². The fraction of sp³-hybridized carbons (Fsp3) is 0. The second kappa shape index (κ2) is 2.62. The van der Waals surface area contributed by atoms with Gasteiger partial charge in [0.1, 0.15) is 6.33 Å². The monoisotopic (exact) mass is 158 g/mol. The number of hydrogen-bond donors (Lipinski definition) is 0. The third kappa shape index (κ3) is 1.22. The second-order valence-electron chi connectivity index (χ2n) is 1.55. The first-order valence-corrected chi connectivity index (χ1v) is 2.81. The molecule has 0 aromatic carbocycles. The summed E-state index contributed by atoms with van der Waals surface area (Å²) >= 11 is 4.88. The highest BCUT2D eigenvalue weighted by atomic mass is 35.5. The molecular formula is C5H3ClN2O2.